The first kappa shape index (κ1) is 107. The Morgan fingerprint density at radius 2 is 0.739 bits per heavy atom. The predicted molar refractivity (Wildman–Crippen MR) is 551 cm³/mol. The van der Waals surface area contributed by atoms with Crippen molar-refractivity contribution in [2.24, 2.45) is 0 Å². The number of pyridine rings is 5. The van der Waals surface area contributed by atoms with Gasteiger partial charge in [-0.05, 0) is 190 Å². The minimum Gasteiger partial charge on any atom is -1.00 e. The van der Waals surface area contributed by atoms with Gasteiger partial charge in [-0.25, -0.2) is 29.3 Å². The number of aldehydes is 1. The van der Waals surface area contributed by atoms with Gasteiger partial charge in [-0.1, -0.05) is 209 Å². The number of benzene rings is 9. The number of carbonyl (C=O) groups excluding carboxylic acids is 1. The average molecular weight is 1980 g/mol. The molecule has 9 aromatic carbocycles. The predicted octanol–water partition coefficient (Wildman–Crippen LogP) is 17.3. The molecule has 0 aliphatic carbocycles. The van der Waals surface area contributed by atoms with Crippen LogP contribution in [0, 0.1) is 74.4 Å². The van der Waals surface area contributed by atoms with Crippen molar-refractivity contribution in [3.05, 3.63) is 374 Å². The molecule has 14 aromatic rings. The Labute approximate surface area is 851 Å². The molecule has 5 fully saturated rings. The summed E-state index contributed by atoms with van der Waals surface area (Å²) in [6, 6.07) is 93.7. The van der Waals surface area contributed by atoms with Crippen LogP contribution >= 0.6 is 31.9 Å². The quantitative estimate of drug-likeness (QED) is 0.0407. The molecule has 0 bridgehead atoms. The van der Waals surface area contributed by atoms with E-state index < -0.39 is 12.9 Å². The largest absolute Gasteiger partial charge is 1.00 e. The van der Waals surface area contributed by atoms with Gasteiger partial charge >= 0.3 is 36.7 Å². The van der Waals surface area contributed by atoms with Gasteiger partial charge in [-0.2, -0.15) is 15.8 Å². The molecule has 0 unspecified atom stereocenters. The number of nitriles is 3. The number of hydrogen-bond acceptors (Lipinski definition) is 22. The van der Waals surface area contributed by atoms with E-state index in [4.69, 9.17) is 39.0 Å². The smallest absolute Gasteiger partial charge is 1.00 e. The third-order valence-electron chi connectivity index (χ3n) is 23.2. The Morgan fingerprint density at radius 1 is 0.413 bits per heavy atom. The van der Waals surface area contributed by atoms with Crippen molar-refractivity contribution in [2.75, 3.05) is 85.0 Å². The van der Waals surface area contributed by atoms with Crippen molar-refractivity contribution in [3.63, 3.8) is 0 Å². The van der Waals surface area contributed by atoms with E-state index in [1.54, 1.807) is 67.4 Å². The van der Waals surface area contributed by atoms with Crippen molar-refractivity contribution in [1.29, 1.82) is 15.8 Å². The van der Waals surface area contributed by atoms with Crippen LogP contribution in [-0.2, 0) is 6.61 Å². The number of aliphatic hydroxyl groups excluding tert-OH is 1. The molecule has 19 rings (SSSR count). The van der Waals surface area contributed by atoms with Crippen LogP contribution in [-0.4, -0.2) is 158 Å². The SMILES string of the molecule is C.Cc1cccnc1O[C@H]1CCN(c2ccc(-c3ccccc3)cc2C#N)C1.Cc1cccnc1O[C@H]1CCN(c2ccc(-c3ccccc3)cc2C=O)C1.Cc1cccnc1O[C@H]1CCN(c2ccc(-c3ccccc3)cc2CO)C1.Cc1cccnc1O[C@H]1CCN(c2ccc(Br)cc2C#N)C1.Cc1cccnc1O[C@H]1CCNC1.N#Cc1cc(Br)ccc1F.OB(O)c1ccccc1.[B].[H-].[Na+]. The summed E-state index contributed by atoms with van der Waals surface area (Å²) in [6.07, 6.45) is 15.2. The maximum absolute atomic E-state index is 12.5. The van der Waals surface area contributed by atoms with Gasteiger partial charge in [0.05, 0.1) is 60.9 Å². The Hall–Kier alpha value is -13.1. The summed E-state index contributed by atoms with van der Waals surface area (Å²) >= 11 is 6.53. The summed E-state index contributed by atoms with van der Waals surface area (Å²) < 4.78 is 44.2. The van der Waals surface area contributed by atoms with Gasteiger partial charge in [0.1, 0.15) is 54.5 Å². The van der Waals surface area contributed by atoms with E-state index >= 15 is 0 Å². The Balaban J connectivity index is 0.000000186. The van der Waals surface area contributed by atoms with Crippen LogP contribution in [0.3, 0.4) is 0 Å². The van der Waals surface area contributed by atoms with Crippen LogP contribution in [0.1, 0.15) is 101 Å². The minimum absolute atomic E-state index is 0. The molecule has 138 heavy (non-hydrogen) atoms. The van der Waals surface area contributed by atoms with Crippen molar-refractivity contribution in [1.82, 2.24) is 30.2 Å². The number of anilines is 4. The van der Waals surface area contributed by atoms with Gasteiger partial charge in [-0.3, -0.25) is 4.79 Å². The fourth-order valence-corrected chi connectivity index (χ4v) is 16.8. The number of aryl methyl sites for hydroxylation is 5. The number of carbonyl (C=O) groups is 1. The molecule has 5 atom stereocenters. The third-order valence-corrected chi connectivity index (χ3v) is 24.2. The van der Waals surface area contributed by atoms with Gasteiger partial charge in [0, 0.05) is 157 Å². The second-order valence-corrected chi connectivity index (χ2v) is 34.7. The zero-order valence-electron chi connectivity index (χ0n) is 78.6. The molecule has 4 N–H and O–H groups in total. The summed E-state index contributed by atoms with van der Waals surface area (Å²) in [7, 11) is -1.34. The number of nitrogens with zero attached hydrogens (tertiary/aromatic N) is 12. The summed E-state index contributed by atoms with van der Waals surface area (Å²) in [5, 5.41) is 57.6. The monoisotopic (exact) mass is 1980 g/mol. The van der Waals surface area contributed by atoms with Gasteiger partial charge < -0.3 is 65.2 Å². The number of rotatable bonds is 20. The molecular formula is C110H112B2Br2FN13NaO9. The normalized spacial score (nSPS) is 15.6. The number of ether oxygens (including phenoxy) is 5. The number of nitrogens with one attached hydrogen (secondary N) is 1. The Bertz CT molecular complexity index is 6360. The maximum Gasteiger partial charge on any atom is 1.00 e. The van der Waals surface area contributed by atoms with Crippen LogP contribution in [0.15, 0.2) is 313 Å². The van der Waals surface area contributed by atoms with Crippen LogP contribution in [0.4, 0.5) is 27.1 Å². The van der Waals surface area contributed by atoms with Crippen LogP contribution in [0.5, 0.6) is 29.4 Å². The second kappa shape index (κ2) is 54.8. The number of aromatic nitrogens is 5. The first-order valence-corrected chi connectivity index (χ1v) is 46.5. The Morgan fingerprint density at radius 3 is 1.09 bits per heavy atom. The van der Waals surface area contributed by atoms with Gasteiger partial charge in [-0.15, -0.1) is 0 Å². The molecule has 5 aromatic heterocycles. The van der Waals surface area contributed by atoms with E-state index in [-0.39, 0.29) is 83.4 Å². The van der Waals surface area contributed by atoms with Gasteiger partial charge in [0.15, 0.2) is 6.29 Å². The molecule has 10 heterocycles. The minimum atomic E-state index is -1.34. The second-order valence-electron chi connectivity index (χ2n) is 32.9. The van der Waals surface area contributed by atoms with Crippen molar-refractivity contribution < 1.29 is 79.0 Å². The fraction of sp³-hybridized carbons (Fsp3) is 0.245. The topological polar surface area (TPSA) is 285 Å². The van der Waals surface area contributed by atoms with E-state index in [0.717, 1.165) is 204 Å². The zero-order chi connectivity index (χ0) is 94.8. The summed E-state index contributed by atoms with van der Waals surface area (Å²) in [5.74, 6) is 3.10. The van der Waals surface area contributed by atoms with Crippen molar-refractivity contribution in [2.45, 2.75) is 111 Å². The summed E-state index contributed by atoms with van der Waals surface area (Å²) in [5.41, 5.74) is 19.5. The third kappa shape index (κ3) is 30.7. The van der Waals surface area contributed by atoms with E-state index in [2.05, 4.69) is 167 Å². The van der Waals surface area contributed by atoms with E-state index in [0.29, 0.717) is 56.2 Å². The summed E-state index contributed by atoms with van der Waals surface area (Å²) in [6.45, 7) is 18.7. The molecule has 0 amide bonds. The average Bonchev–Trinajstić information content (AvgIpc) is 1.80. The zero-order valence-corrected chi connectivity index (χ0v) is 82.8. The molecule has 3 radical (unpaired) electrons. The molecular weight excluding hydrogens is 1870 g/mol. The standard InChI is InChI=1S/C23H21N3O.C23H24N2O2.C23H22N2O2.C17H16BrN3O.C10H14N2O.C7H3BrFN.C6H7BO2.CH4.B.Na.H/c1-17-6-5-12-25-23(17)27-21-11-13-26(16-21)22-10-9-19(14-20(22)15-24)18-7-3-2-4-8-18;2*1-17-6-5-12-24-23(17)27-21-11-13-25(15-21)22-10-9-19(14-20(22)16-26)18-7-3-2-4-8-18;1-12-3-2-7-20-17(12)22-15-6-8-21(11-15)16-5-4-14(18)9-13(16)10-19;1-8-3-2-5-12-10(8)13-9-4-6-11-7-9;8-6-1-2-7(9)5(3-6)4-10;8-7(9)6-4-2-1-3-5-6;;;;/h2-10,12,14,21H,11,13,16H2,1H3;2-10,12,14,21,26H,11,13,15-16H2,1H3;2-10,12,14,16,21H,11,13,15H2,1H3;2-5,7,9,15H,6,8,11H2,1H3;2-3,5,9,11H,4,6-7H2,1H3;1-3H;1-5,8-9H;1H4;;;/q;;;;;;;;;+1;-1/t3*21-;15-;9-;;;;;;/m00000....../s1. The first-order valence-electron chi connectivity index (χ1n) is 44.9. The first-order chi connectivity index (χ1) is 65.8. The molecule has 5 aliphatic rings. The molecule has 0 saturated carbocycles. The molecule has 28 heteroatoms. The molecule has 22 nitrogen and oxygen atoms in total. The Kier molecular flexibility index (Phi) is 42.4. The van der Waals surface area contributed by atoms with Crippen molar-refractivity contribution >= 4 is 81.9 Å². The fourth-order valence-electron chi connectivity index (χ4n) is 16.0. The maximum atomic E-state index is 12.5. The molecule has 5 saturated heterocycles. The van der Waals surface area contributed by atoms with E-state index in [9.17, 15) is 24.8 Å². The number of hydrogen-bond donors (Lipinski definition) is 4. The van der Waals surface area contributed by atoms with E-state index in [1.165, 1.54) is 12.1 Å². The van der Waals surface area contributed by atoms with E-state index in [1.807, 2.05) is 192 Å². The van der Waals surface area contributed by atoms with Crippen LogP contribution < -0.4 is 83.6 Å². The van der Waals surface area contributed by atoms with Crippen LogP contribution in [0.2, 0.25) is 0 Å². The molecule has 0 spiro atoms. The summed E-state index contributed by atoms with van der Waals surface area (Å²) in [4.78, 5) is 42.1. The molecule has 699 valence electrons. The number of halogens is 3. The van der Waals surface area contributed by atoms with Crippen LogP contribution in [0.25, 0.3) is 33.4 Å². The number of aliphatic hydroxyl groups is 1. The van der Waals surface area contributed by atoms with Gasteiger partial charge in [0.2, 0.25) is 29.4 Å². The van der Waals surface area contributed by atoms with Crippen molar-refractivity contribution in [3.8, 4) is 81.0 Å². The van der Waals surface area contributed by atoms with Gasteiger partial charge in [0.25, 0.3) is 0 Å². The molecule has 5 aliphatic heterocycles.